The SMILES string of the molecule is CC(C)c1nccc(-c2nccn2C2CCCN(C)C2)n1. The molecule has 0 spiro atoms. The molecule has 2 aromatic rings. The zero-order valence-corrected chi connectivity index (χ0v) is 13.0. The van der Waals surface area contributed by atoms with Crippen LogP contribution in [-0.2, 0) is 0 Å². The van der Waals surface area contributed by atoms with Crippen LogP contribution in [0.5, 0.6) is 0 Å². The van der Waals surface area contributed by atoms with Gasteiger partial charge >= 0.3 is 0 Å². The summed E-state index contributed by atoms with van der Waals surface area (Å²) in [7, 11) is 2.18. The molecule has 2 aromatic heterocycles. The third-order valence-electron chi connectivity index (χ3n) is 4.08. The highest BCUT2D eigenvalue weighted by atomic mass is 15.2. The molecule has 0 amide bonds. The van der Waals surface area contributed by atoms with E-state index >= 15 is 0 Å². The molecular weight excluding hydrogens is 262 g/mol. The minimum absolute atomic E-state index is 0.328. The average Bonchev–Trinajstić information content (AvgIpc) is 2.97. The van der Waals surface area contributed by atoms with E-state index in [1.807, 2.05) is 18.5 Å². The Morgan fingerprint density at radius 2 is 2.10 bits per heavy atom. The lowest BCUT2D eigenvalue weighted by molar-refractivity contribution is 0.213. The lowest BCUT2D eigenvalue weighted by Crippen LogP contribution is -2.33. The number of aromatic nitrogens is 4. The predicted octanol–water partition coefficient (Wildman–Crippen LogP) is 2.73. The van der Waals surface area contributed by atoms with E-state index in [1.54, 1.807) is 0 Å². The third-order valence-corrected chi connectivity index (χ3v) is 4.08. The summed E-state index contributed by atoms with van der Waals surface area (Å²) in [6.07, 6.45) is 8.23. The maximum absolute atomic E-state index is 4.68. The fraction of sp³-hybridized carbons (Fsp3) is 0.562. The molecule has 3 heterocycles. The van der Waals surface area contributed by atoms with E-state index in [9.17, 15) is 0 Å². The fourth-order valence-electron chi connectivity index (χ4n) is 2.95. The standard InChI is InChI=1S/C16H23N5/c1-12(2)15-17-7-6-14(19-15)16-18-8-10-21(16)13-5-4-9-20(3)11-13/h6-8,10,12-13H,4-5,9,11H2,1-3H3. The molecule has 1 fully saturated rings. The highest BCUT2D eigenvalue weighted by Gasteiger charge is 2.22. The molecule has 1 aliphatic heterocycles. The summed E-state index contributed by atoms with van der Waals surface area (Å²) in [6, 6.07) is 2.44. The second-order valence-corrected chi connectivity index (χ2v) is 6.17. The number of imidazole rings is 1. The first-order valence-corrected chi connectivity index (χ1v) is 7.70. The molecule has 0 radical (unpaired) electrons. The van der Waals surface area contributed by atoms with Gasteiger partial charge in [-0.05, 0) is 32.5 Å². The Labute approximate surface area is 126 Å². The Bertz CT molecular complexity index is 604. The van der Waals surface area contributed by atoms with Gasteiger partial charge in [-0.3, -0.25) is 0 Å². The molecule has 0 saturated carbocycles. The van der Waals surface area contributed by atoms with Crippen molar-refractivity contribution in [3.05, 3.63) is 30.5 Å². The summed E-state index contributed by atoms with van der Waals surface area (Å²) in [5, 5.41) is 0. The second kappa shape index (κ2) is 5.93. The lowest BCUT2D eigenvalue weighted by Gasteiger charge is -2.31. The van der Waals surface area contributed by atoms with E-state index in [0.29, 0.717) is 12.0 Å². The Kier molecular flexibility index (Phi) is 4.01. The highest BCUT2D eigenvalue weighted by molar-refractivity contribution is 5.49. The zero-order valence-electron chi connectivity index (χ0n) is 13.0. The molecule has 1 atom stereocenters. The van der Waals surface area contributed by atoms with Crippen LogP contribution in [-0.4, -0.2) is 44.6 Å². The van der Waals surface area contributed by atoms with Gasteiger partial charge in [-0.2, -0.15) is 0 Å². The summed E-state index contributed by atoms with van der Waals surface area (Å²) < 4.78 is 2.28. The number of likely N-dealkylation sites (N-methyl/N-ethyl adjacent to an activating group) is 1. The van der Waals surface area contributed by atoms with Crippen molar-refractivity contribution in [3.8, 4) is 11.5 Å². The summed E-state index contributed by atoms with van der Waals surface area (Å²) >= 11 is 0. The topological polar surface area (TPSA) is 46.8 Å². The fourth-order valence-corrected chi connectivity index (χ4v) is 2.95. The summed E-state index contributed by atoms with van der Waals surface area (Å²) in [5.41, 5.74) is 0.923. The van der Waals surface area contributed by atoms with E-state index < -0.39 is 0 Å². The van der Waals surface area contributed by atoms with Crippen LogP contribution in [0.4, 0.5) is 0 Å². The molecule has 0 aliphatic carbocycles. The largest absolute Gasteiger partial charge is 0.325 e. The minimum Gasteiger partial charge on any atom is -0.325 e. The summed E-state index contributed by atoms with van der Waals surface area (Å²) in [4.78, 5) is 16.0. The Morgan fingerprint density at radius 1 is 1.24 bits per heavy atom. The van der Waals surface area contributed by atoms with Crippen LogP contribution in [0.25, 0.3) is 11.5 Å². The van der Waals surface area contributed by atoms with Crippen molar-refractivity contribution in [2.24, 2.45) is 0 Å². The van der Waals surface area contributed by atoms with Crippen LogP contribution in [0.3, 0.4) is 0 Å². The van der Waals surface area contributed by atoms with Gasteiger partial charge in [0.15, 0.2) is 5.82 Å². The van der Waals surface area contributed by atoms with Gasteiger partial charge in [-0.25, -0.2) is 15.0 Å². The second-order valence-electron chi connectivity index (χ2n) is 6.17. The van der Waals surface area contributed by atoms with E-state index in [-0.39, 0.29) is 0 Å². The van der Waals surface area contributed by atoms with Crippen molar-refractivity contribution < 1.29 is 0 Å². The van der Waals surface area contributed by atoms with Crippen LogP contribution in [0.2, 0.25) is 0 Å². The van der Waals surface area contributed by atoms with Gasteiger partial charge in [0.1, 0.15) is 11.5 Å². The molecule has 0 aromatic carbocycles. The van der Waals surface area contributed by atoms with Crippen LogP contribution in [0.1, 0.15) is 44.5 Å². The Morgan fingerprint density at radius 3 is 2.86 bits per heavy atom. The van der Waals surface area contributed by atoms with Crippen LogP contribution < -0.4 is 0 Å². The van der Waals surface area contributed by atoms with Gasteiger partial charge < -0.3 is 9.47 Å². The number of hydrogen-bond donors (Lipinski definition) is 0. The molecule has 1 saturated heterocycles. The molecular formula is C16H23N5. The zero-order chi connectivity index (χ0) is 14.8. The van der Waals surface area contributed by atoms with Crippen LogP contribution in [0.15, 0.2) is 24.7 Å². The van der Waals surface area contributed by atoms with Crippen molar-refractivity contribution in [1.82, 2.24) is 24.4 Å². The first-order valence-electron chi connectivity index (χ1n) is 7.70. The average molecular weight is 285 g/mol. The van der Waals surface area contributed by atoms with Gasteiger partial charge in [0.05, 0.1) is 0 Å². The Balaban J connectivity index is 1.93. The first kappa shape index (κ1) is 14.2. The third kappa shape index (κ3) is 2.97. The molecule has 112 valence electrons. The molecule has 5 heteroatoms. The number of nitrogens with zero attached hydrogens (tertiary/aromatic N) is 5. The van der Waals surface area contributed by atoms with Gasteiger partial charge in [-0.15, -0.1) is 0 Å². The maximum Gasteiger partial charge on any atom is 0.159 e. The number of rotatable bonds is 3. The number of piperidine rings is 1. The molecule has 0 bridgehead atoms. The van der Waals surface area contributed by atoms with E-state index in [2.05, 4.69) is 51.5 Å². The molecule has 1 unspecified atom stereocenters. The number of likely N-dealkylation sites (tertiary alicyclic amines) is 1. The van der Waals surface area contributed by atoms with Crippen molar-refractivity contribution >= 4 is 0 Å². The van der Waals surface area contributed by atoms with Crippen molar-refractivity contribution in [2.75, 3.05) is 20.1 Å². The first-order chi connectivity index (χ1) is 10.1. The molecule has 3 rings (SSSR count). The van der Waals surface area contributed by atoms with Gasteiger partial charge in [0.2, 0.25) is 0 Å². The smallest absolute Gasteiger partial charge is 0.159 e. The molecule has 1 aliphatic rings. The highest BCUT2D eigenvalue weighted by Crippen LogP contribution is 2.26. The monoisotopic (exact) mass is 285 g/mol. The predicted molar refractivity (Wildman–Crippen MR) is 83.1 cm³/mol. The molecule has 21 heavy (non-hydrogen) atoms. The molecule has 0 N–H and O–H groups in total. The lowest BCUT2D eigenvalue weighted by atomic mass is 10.1. The van der Waals surface area contributed by atoms with E-state index in [1.165, 1.54) is 19.4 Å². The quantitative estimate of drug-likeness (QED) is 0.870. The van der Waals surface area contributed by atoms with Crippen LogP contribution in [0, 0.1) is 0 Å². The number of hydrogen-bond acceptors (Lipinski definition) is 4. The van der Waals surface area contributed by atoms with Crippen molar-refractivity contribution in [1.29, 1.82) is 0 Å². The summed E-state index contributed by atoms with van der Waals surface area (Å²) in [5.74, 6) is 2.16. The normalized spacial score (nSPS) is 20.1. The van der Waals surface area contributed by atoms with Crippen molar-refractivity contribution in [2.45, 2.75) is 38.6 Å². The molecule has 5 nitrogen and oxygen atoms in total. The summed E-state index contributed by atoms with van der Waals surface area (Å²) in [6.45, 7) is 6.49. The van der Waals surface area contributed by atoms with Crippen LogP contribution >= 0.6 is 0 Å². The van der Waals surface area contributed by atoms with Gasteiger partial charge in [0.25, 0.3) is 0 Å². The maximum atomic E-state index is 4.68. The van der Waals surface area contributed by atoms with Gasteiger partial charge in [-0.1, -0.05) is 13.8 Å². The Hall–Kier alpha value is -1.75. The van der Waals surface area contributed by atoms with Crippen molar-refractivity contribution in [3.63, 3.8) is 0 Å². The van der Waals surface area contributed by atoms with E-state index in [0.717, 1.165) is 23.9 Å². The van der Waals surface area contributed by atoms with E-state index in [4.69, 9.17) is 0 Å². The minimum atomic E-state index is 0.328. The van der Waals surface area contributed by atoms with Gasteiger partial charge in [0, 0.05) is 37.1 Å².